The van der Waals surface area contributed by atoms with Gasteiger partial charge in [-0.3, -0.25) is 0 Å². The Kier molecular flexibility index (Phi) is 6.34. The minimum absolute atomic E-state index is 0.0978. The minimum atomic E-state index is -0.259. The molecule has 4 unspecified atom stereocenters. The van der Waals surface area contributed by atoms with Gasteiger partial charge >= 0.3 is 6.03 Å². The number of amides is 2. The zero-order valence-corrected chi connectivity index (χ0v) is 17.7. The van der Waals surface area contributed by atoms with Gasteiger partial charge in [-0.2, -0.15) is 0 Å². The van der Waals surface area contributed by atoms with Crippen molar-refractivity contribution < 1.29 is 14.3 Å². The van der Waals surface area contributed by atoms with E-state index in [1.807, 2.05) is 32.3 Å². The van der Waals surface area contributed by atoms with Gasteiger partial charge < -0.3 is 30.3 Å². The molecule has 3 N–H and O–H groups in total. The highest BCUT2D eigenvalue weighted by Crippen LogP contribution is 2.29. The number of rotatable bonds is 7. The van der Waals surface area contributed by atoms with E-state index in [0.29, 0.717) is 25.7 Å². The Morgan fingerprint density at radius 3 is 2.58 bits per heavy atom. The van der Waals surface area contributed by atoms with E-state index in [1.165, 1.54) is 0 Å². The van der Waals surface area contributed by atoms with Gasteiger partial charge in [-0.05, 0) is 18.2 Å². The number of nitrogens with one attached hydrogen (secondary N) is 3. The normalized spacial score (nSPS) is 24.3. The van der Waals surface area contributed by atoms with Crippen molar-refractivity contribution in [3.63, 3.8) is 0 Å². The number of hydrogen-bond acceptors (Lipinski definition) is 7. The number of aromatic nitrogens is 2. The van der Waals surface area contributed by atoms with E-state index >= 15 is 0 Å². The van der Waals surface area contributed by atoms with E-state index in [-0.39, 0.29) is 30.3 Å². The average Bonchev–Trinajstić information content (AvgIpc) is 3.36. The van der Waals surface area contributed by atoms with Gasteiger partial charge in [0.2, 0.25) is 5.95 Å². The molecular weight excluding hydrogens is 396 g/mol. The molecule has 4 rings (SSSR count). The van der Waals surface area contributed by atoms with Crippen LogP contribution in [0.2, 0.25) is 0 Å². The molecule has 0 aliphatic carbocycles. The van der Waals surface area contributed by atoms with Crippen LogP contribution in [-0.4, -0.2) is 74.1 Å². The number of carbonyl (C=O) groups excluding carboxylic acids is 1. The first-order chi connectivity index (χ1) is 15.0. The van der Waals surface area contributed by atoms with Gasteiger partial charge in [0, 0.05) is 38.1 Å². The fourth-order valence-electron chi connectivity index (χ4n) is 3.82. The van der Waals surface area contributed by atoms with E-state index in [9.17, 15) is 4.79 Å². The first-order valence-electron chi connectivity index (χ1n) is 10.3. The summed E-state index contributed by atoms with van der Waals surface area (Å²) >= 11 is 0. The number of ether oxygens (including phenoxy) is 2. The monoisotopic (exact) mass is 424 g/mol. The summed E-state index contributed by atoms with van der Waals surface area (Å²) in [6, 6.07) is 9.54. The summed E-state index contributed by atoms with van der Waals surface area (Å²) in [4.78, 5) is 23.0. The number of benzene rings is 1. The molecule has 2 fully saturated rings. The standard InChI is InChI=1S/C22H28N6O3/c1-4-10-24-22(29)27-18-13-31-19-17(12-30-20(18)19)26-21-23-11-9-16(25-21)14-5-7-15(8-6-14)28(2)3/h4-9,11,17-20H,1,10,12-13H2,2-3H3,(H,23,25,26)(H2,24,27,29). The predicted molar refractivity (Wildman–Crippen MR) is 119 cm³/mol. The van der Waals surface area contributed by atoms with Gasteiger partial charge in [-0.15, -0.1) is 6.58 Å². The molecule has 0 saturated carbocycles. The van der Waals surface area contributed by atoms with Gasteiger partial charge in [0.05, 0.1) is 31.0 Å². The molecule has 164 valence electrons. The highest BCUT2D eigenvalue weighted by Gasteiger charge is 2.48. The molecule has 1 aromatic heterocycles. The van der Waals surface area contributed by atoms with Crippen molar-refractivity contribution in [1.82, 2.24) is 20.6 Å². The van der Waals surface area contributed by atoms with Crippen molar-refractivity contribution in [1.29, 1.82) is 0 Å². The molecule has 0 bridgehead atoms. The van der Waals surface area contributed by atoms with E-state index in [2.05, 4.69) is 49.5 Å². The van der Waals surface area contributed by atoms with Gasteiger partial charge in [0.15, 0.2) is 0 Å². The molecule has 2 amide bonds. The highest BCUT2D eigenvalue weighted by atomic mass is 16.6. The molecule has 9 nitrogen and oxygen atoms in total. The van der Waals surface area contributed by atoms with Crippen LogP contribution >= 0.6 is 0 Å². The Morgan fingerprint density at radius 1 is 1.16 bits per heavy atom. The van der Waals surface area contributed by atoms with Crippen LogP contribution in [0.5, 0.6) is 0 Å². The second kappa shape index (κ2) is 9.32. The maximum Gasteiger partial charge on any atom is 0.315 e. The maximum atomic E-state index is 11.9. The molecule has 2 aromatic rings. The third kappa shape index (κ3) is 4.78. The molecule has 31 heavy (non-hydrogen) atoms. The molecule has 0 radical (unpaired) electrons. The second-order valence-corrected chi connectivity index (χ2v) is 7.80. The van der Waals surface area contributed by atoms with Crippen molar-refractivity contribution >= 4 is 17.7 Å². The average molecular weight is 425 g/mol. The Balaban J connectivity index is 1.39. The Morgan fingerprint density at radius 2 is 1.87 bits per heavy atom. The molecular formula is C22H28N6O3. The number of fused-ring (bicyclic) bond motifs is 1. The molecule has 9 heteroatoms. The van der Waals surface area contributed by atoms with Crippen molar-refractivity contribution in [3.05, 3.63) is 49.2 Å². The summed E-state index contributed by atoms with van der Waals surface area (Å²) in [6.45, 7) is 4.84. The van der Waals surface area contributed by atoms with Crippen molar-refractivity contribution in [2.75, 3.05) is 44.1 Å². The first-order valence-corrected chi connectivity index (χ1v) is 10.3. The zero-order chi connectivity index (χ0) is 21.8. The number of urea groups is 1. The number of anilines is 2. The molecule has 4 atom stereocenters. The summed E-state index contributed by atoms with van der Waals surface area (Å²) < 4.78 is 11.8. The lowest BCUT2D eigenvalue weighted by atomic mass is 10.1. The Labute approximate surface area is 181 Å². The maximum absolute atomic E-state index is 11.9. The number of carbonyl (C=O) groups is 1. The van der Waals surface area contributed by atoms with Crippen LogP contribution in [0.15, 0.2) is 49.2 Å². The lowest BCUT2D eigenvalue weighted by molar-refractivity contribution is 0.0682. The van der Waals surface area contributed by atoms with Gasteiger partial charge in [-0.25, -0.2) is 14.8 Å². The third-order valence-corrected chi connectivity index (χ3v) is 5.43. The summed E-state index contributed by atoms with van der Waals surface area (Å²) in [5.74, 6) is 0.521. The lowest BCUT2D eigenvalue weighted by Crippen LogP contribution is -2.48. The van der Waals surface area contributed by atoms with E-state index in [1.54, 1.807) is 12.3 Å². The molecule has 2 saturated heterocycles. The predicted octanol–water partition coefficient (Wildman–Crippen LogP) is 1.64. The Hall–Kier alpha value is -3.17. The molecule has 1 aromatic carbocycles. The quantitative estimate of drug-likeness (QED) is 0.581. The highest BCUT2D eigenvalue weighted by molar-refractivity contribution is 5.74. The van der Waals surface area contributed by atoms with Crippen molar-refractivity contribution in [2.24, 2.45) is 0 Å². The van der Waals surface area contributed by atoms with Crippen LogP contribution < -0.4 is 20.9 Å². The van der Waals surface area contributed by atoms with Crippen LogP contribution in [0.3, 0.4) is 0 Å². The van der Waals surface area contributed by atoms with Gasteiger partial charge in [-0.1, -0.05) is 18.2 Å². The van der Waals surface area contributed by atoms with Gasteiger partial charge in [0.25, 0.3) is 0 Å². The summed E-state index contributed by atoms with van der Waals surface area (Å²) in [7, 11) is 4.02. The minimum Gasteiger partial charge on any atom is -0.378 e. The SMILES string of the molecule is C=CCNC(=O)NC1COC2C(Nc3nccc(-c4ccc(N(C)C)cc4)n3)COC12. The number of nitrogens with zero attached hydrogens (tertiary/aromatic N) is 3. The van der Waals surface area contributed by atoms with Crippen LogP contribution in [0.1, 0.15) is 0 Å². The van der Waals surface area contributed by atoms with Crippen molar-refractivity contribution in [2.45, 2.75) is 24.3 Å². The lowest BCUT2D eigenvalue weighted by Gasteiger charge is -2.18. The van der Waals surface area contributed by atoms with Crippen LogP contribution in [0.4, 0.5) is 16.4 Å². The van der Waals surface area contributed by atoms with Gasteiger partial charge in [0.1, 0.15) is 12.2 Å². The van der Waals surface area contributed by atoms with E-state index in [4.69, 9.17) is 9.47 Å². The zero-order valence-electron chi connectivity index (χ0n) is 17.7. The second-order valence-electron chi connectivity index (χ2n) is 7.80. The Bertz CT molecular complexity index is 920. The largest absolute Gasteiger partial charge is 0.378 e. The van der Waals surface area contributed by atoms with E-state index in [0.717, 1.165) is 16.9 Å². The smallest absolute Gasteiger partial charge is 0.315 e. The van der Waals surface area contributed by atoms with E-state index < -0.39 is 0 Å². The summed E-state index contributed by atoms with van der Waals surface area (Å²) in [6.07, 6.45) is 2.97. The number of hydrogen-bond donors (Lipinski definition) is 3. The molecule has 2 aliphatic rings. The first kappa shape index (κ1) is 21.1. The summed E-state index contributed by atoms with van der Waals surface area (Å²) in [5.41, 5.74) is 2.98. The fourth-order valence-corrected chi connectivity index (χ4v) is 3.82. The third-order valence-electron chi connectivity index (χ3n) is 5.43. The molecule has 2 aliphatic heterocycles. The van der Waals surface area contributed by atoms with Crippen LogP contribution in [0.25, 0.3) is 11.3 Å². The van der Waals surface area contributed by atoms with Crippen LogP contribution in [-0.2, 0) is 9.47 Å². The molecule has 3 heterocycles. The fraction of sp³-hybridized carbons (Fsp3) is 0.409. The topological polar surface area (TPSA) is 101 Å². The van der Waals surface area contributed by atoms with Crippen LogP contribution in [0, 0.1) is 0 Å². The van der Waals surface area contributed by atoms with Crippen molar-refractivity contribution in [3.8, 4) is 11.3 Å². The molecule has 0 spiro atoms. The summed E-state index contributed by atoms with van der Waals surface area (Å²) in [5, 5.41) is 8.94.